The largest absolute Gasteiger partial charge is 0.508 e. The third-order valence-corrected chi connectivity index (χ3v) is 7.99. The third-order valence-electron chi connectivity index (χ3n) is 7.99. The summed E-state index contributed by atoms with van der Waals surface area (Å²) < 4.78 is 0. The predicted octanol–water partition coefficient (Wildman–Crippen LogP) is 1.24. The first-order chi connectivity index (χ1) is 22.6. The van der Waals surface area contributed by atoms with E-state index in [-0.39, 0.29) is 25.0 Å². The molecule has 0 fully saturated rings. The van der Waals surface area contributed by atoms with Crippen LogP contribution >= 0.6 is 0 Å². The van der Waals surface area contributed by atoms with Gasteiger partial charge in [-0.25, -0.2) is 4.79 Å². The lowest BCUT2D eigenvalue weighted by molar-refractivity contribution is -0.143. The third kappa shape index (κ3) is 7.95. The summed E-state index contributed by atoms with van der Waals surface area (Å²) in [6, 6.07) is 15.9. The number of aliphatic hydroxyl groups is 1. The molecule has 5 aromatic rings. The molecule has 0 saturated heterocycles. The Morgan fingerprint density at radius 1 is 0.660 bits per heavy atom. The number of carbonyl (C=O) groups is 4. The van der Waals surface area contributed by atoms with Crippen molar-refractivity contribution in [1.82, 2.24) is 25.9 Å². The molecule has 0 saturated carbocycles. The van der Waals surface area contributed by atoms with Gasteiger partial charge >= 0.3 is 5.97 Å². The number of aliphatic hydroxyl groups excluding tert-OH is 1. The number of carboxylic acids is 1. The quantitative estimate of drug-likeness (QED) is 0.0857. The molecule has 2 aromatic heterocycles. The fourth-order valence-electron chi connectivity index (χ4n) is 5.45. The molecule has 4 atom stereocenters. The molecule has 0 bridgehead atoms. The lowest BCUT2D eigenvalue weighted by atomic mass is 10.0. The Morgan fingerprint density at radius 2 is 1.15 bits per heavy atom. The van der Waals surface area contributed by atoms with E-state index in [1.807, 2.05) is 48.5 Å². The number of para-hydroxylation sites is 2. The van der Waals surface area contributed by atoms with Crippen LogP contribution in [0.4, 0.5) is 0 Å². The predicted molar refractivity (Wildman–Crippen MR) is 174 cm³/mol. The number of aromatic nitrogens is 2. The minimum absolute atomic E-state index is 0.00647. The van der Waals surface area contributed by atoms with E-state index in [9.17, 15) is 34.5 Å². The number of amides is 3. The van der Waals surface area contributed by atoms with Crippen molar-refractivity contribution in [1.29, 1.82) is 0 Å². The van der Waals surface area contributed by atoms with E-state index in [0.717, 1.165) is 27.4 Å². The average Bonchev–Trinajstić information content (AvgIpc) is 3.67. The van der Waals surface area contributed by atoms with Crippen LogP contribution in [-0.4, -0.2) is 79.8 Å². The molecule has 47 heavy (non-hydrogen) atoms. The zero-order valence-corrected chi connectivity index (χ0v) is 25.3. The van der Waals surface area contributed by atoms with E-state index in [1.54, 1.807) is 24.5 Å². The average molecular weight is 641 g/mol. The van der Waals surface area contributed by atoms with Crippen LogP contribution in [0.15, 0.2) is 85.2 Å². The van der Waals surface area contributed by atoms with Crippen LogP contribution in [0.25, 0.3) is 21.8 Å². The van der Waals surface area contributed by atoms with E-state index >= 15 is 0 Å². The summed E-state index contributed by atoms with van der Waals surface area (Å²) in [5.74, 6) is -3.58. The van der Waals surface area contributed by atoms with Crippen molar-refractivity contribution in [3.63, 3.8) is 0 Å². The molecule has 244 valence electrons. The zero-order chi connectivity index (χ0) is 33.5. The highest BCUT2D eigenvalue weighted by Gasteiger charge is 2.31. The van der Waals surface area contributed by atoms with Gasteiger partial charge in [-0.15, -0.1) is 0 Å². The summed E-state index contributed by atoms with van der Waals surface area (Å²) in [4.78, 5) is 58.5. The van der Waals surface area contributed by atoms with Gasteiger partial charge in [0.2, 0.25) is 17.7 Å². The number of phenols is 1. The van der Waals surface area contributed by atoms with Crippen LogP contribution in [0.1, 0.15) is 16.7 Å². The maximum absolute atomic E-state index is 13.9. The van der Waals surface area contributed by atoms with E-state index < -0.39 is 54.5 Å². The molecule has 0 aliphatic carbocycles. The summed E-state index contributed by atoms with van der Waals surface area (Å²) >= 11 is 0. The maximum Gasteiger partial charge on any atom is 0.328 e. The highest BCUT2D eigenvalue weighted by Crippen LogP contribution is 2.21. The second-order valence-corrected chi connectivity index (χ2v) is 11.3. The molecule has 13 heteroatoms. The van der Waals surface area contributed by atoms with Crippen LogP contribution in [0.5, 0.6) is 5.75 Å². The molecule has 3 aromatic carbocycles. The summed E-state index contributed by atoms with van der Waals surface area (Å²) in [5, 5.41) is 38.1. The number of H-pyrrole nitrogens is 2. The van der Waals surface area contributed by atoms with Crippen LogP contribution in [0, 0.1) is 0 Å². The van der Waals surface area contributed by atoms with Gasteiger partial charge in [-0.1, -0.05) is 48.5 Å². The number of hydrogen-bond acceptors (Lipinski definition) is 7. The summed E-state index contributed by atoms with van der Waals surface area (Å²) in [5.41, 5.74) is 10.1. The number of aromatic hydroxyl groups is 1. The summed E-state index contributed by atoms with van der Waals surface area (Å²) in [6.07, 6.45) is 3.62. The summed E-state index contributed by atoms with van der Waals surface area (Å²) in [7, 11) is 0. The Bertz CT molecular complexity index is 1880. The van der Waals surface area contributed by atoms with Gasteiger partial charge in [0.1, 0.15) is 23.9 Å². The van der Waals surface area contributed by atoms with Crippen molar-refractivity contribution >= 4 is 45.5 Å². The molecule has 0 aliphatic rings. The van der Waals surface area contributed by atoms with E-state index in [1.165, 1.54) is 12.1 Å². The minimum Gasteiger partial charge on any atom is -0.508 e. The van der Waals surface area contributed by atoms with Gasteiger partial charge in [0.25, 0.3) is 0 Å². The van der Waals surface area contributed by atoms with Gasteiger partial charge in [-0.2, -0.15) is 0 Å². The molecular formula is C34H36N6O7. The molecule has 2 heterocycles. The number of nitrogens with one attached hydrogen (secondary N) is 5. The lowest BCUT2D eigenvalue weighted by Gasteiger charge is -2.25. The summed E-state index contributed by atoms with van der Waals surface area (Å²) in [6.45, 7) is -0.858. The van der Waals surface area contributed by atoms with Crippen LogP contribution in [-0.2, 0) is 38.4 Å². The van der Waals surface area contributed by atoms with Gasteiger partial charge in [0.15, 0.2) is 0 Å². The Labute approximate surface area is 269 Å². The second kappa shape index (κ2) is 14.6. The molecule has 0 aliphatic heterocycles. The molecule has 10 N–H and O–H groups in total. The minimum atomic E-state index is -1.60. The number of phenolic OH excluding ortho intramolecular Hbond substituents is 1. The fraction of sp³-hybridized carbons (Fsp3) is 0.235. The van der Waals surface area contributed by atoms with Crippen molar-refractivity contribution in [2.75, 3.05) is 6.61 Å². The van der Waals surface area contributed by atoms with Gasteiger partial charge in [-0.3, -0.25) is 14.4 Å². The Morgan fingerprint density at radius 3 is 1.70 bits per heavy atom. The molecule has 5 rings (SSSR count). The molecular weight excluding hydrogens is 604 g/mol. The first kappa shape index (κ1) is 32.7. The SMILES string of the molecule is NC(Cc1c[nH]c2ccccc12)C(=O)NC(Cc1ccc(O)cc1)C(=O)NC(Cc1c[nH]c2ccccc12)C(=O)NC(CO)C(=O)O. The van der Waals surface area contributed by atoms with Gasteiger partial charge in [0, 0.05) is 47.0 Å². The van der Waals surface area contributed by atoms with E-state index in [0.29, 0.717) is 11.1 Å². The number of aromatic amines is 2. The molecule has 13 nitrogen and oxygen atoms in total. The van der Waals surface area contributed by atoms with Crippen molar-refractivity contribution in [3.8, 4) is 5.75 Å². The van der Waals surface area contributed by atoms with Crippen LogP contribution in [0.2, 0.25) is 0 Å². The van der Waals surface area contributed by atoms with Gasteiger partial charge in [0.05, 0.1) is 12.6 Å². The van der Waals surface area contributed by atoms with Crippen molar-refractivity contribution in [3.05, 3.63) is 102 Å². The number of rotatable bonds is 14. The van der Waals surface area contributed by atoms with Crippen molar-refractivity contribution < 1.29 is 34.5 Å². The number of nitrogens with two attached hydrogens (primary N) is 1. The Hall–Kier alpha value is -5.66. The molecule has 0 spiro atoms. The first-order valence-corrected chi connectivity index (χ1v) is 15.0. The maximum atomic E-state index is 13.9. The number of benzene rings is 3. The fourth-order valence-corrected chi connectivity index (χ4v) is 5.45. The normalized spacial score (nSPS) is 13.8. The lowest BCUT2D eigenvalue weighted by Crippen LogP contribution is -2.58. The monoisotopic (exact) mass is 640 g/mol. The van der Waals surface area contributed by atoms with E-state index in [2.05, 4.69) is 25.9 Å². The zero-order valence-electron chi connectivity index (χ0n) is 25.3. The number of carbonyl (C=O) groups excluding carboxylic acids is 3. The highest BCUT2D eigenvalue weighted by atomic mass is 16.4. The van der Waals surface area contributed by atoms with Crippen LogP contribution < -0.4 is 21.7 Å². The van der Waals surface area contributed by atoms with Gasteiger partial charge in [-0.05, 0) is 47.4 Å². The number of fused-ring (bicyclic) bond motifs is 2. The smallest absolute Gasteiger partial charge is 0.328 e. The standard InChI is InChI=1S/C34H36N6O7/c35-25(14-20-16-36-26-7-3-1-5-23(20)26)31(43)38-28(13-19-9-11-22(42)12-10-19)32(44)39-29(33(45)40-30(18-41)34(46)47)15-21-17-37-27-8-4-2-6-24(21)27/h1-12,16-17,25,28-30,36-37,41-42H,13-15,18,35H2,(H,38,43)(H,39,44)(H,40,45)(H,46,47). The number of carboxylic acid groups (broad SMARTS) is 1. The van der Waals surface area contributed by atoms with E-state index in [4.69, 9.17) is 5.73 Å². The molecule has 0 radical (unpaired) electrons. The topological polar surface area (TPSA) is 223 Å². The van der Waals surface area contributed by atoms with Crippen molar-refractivity contribution in [2.45, 2.75) is 43.4 Å². The second-order valence-electron chi connectivity index (χ2n) is 11.3. The molecule has 3 amide bonds. The van der Waals surface area contributed by atoms with Gasteiger partial charge < -0.3 is 47.0 Å². The Kier molecular flexibility index (Phi) is 10.2. The van der Waals surface area contributed by atoms with Crippen molar-refractivity contribution in [2.24, 2.45) is 5.73 Å². The van der Waals surface area contributed by atoms with Crippen LogP contribution in [0.3, 0.4) is 0 Å². The number of aliphatic carboxylic acids is 1. The number of hydrogen-bond donors (Lipinski definition) is 9. The first-order valence-electron chi connectivity index (χ1n) is 15.0. The molecule has 4 unspecified atom stereocenters. The highest BCUT2D eigenvalue weighted by molar-refractivity contribution is 5.95. The Balaban J connectivity index is 1.38.